The summed E-state index contributed by atoms with van der Waals surface area (Å²) in [4.78, 5) is 16.1. The number of nitrogens with zero attached hydrogens (tertiary/aromatic N) is 1. The van der Waals surface area contributed by atoms with E-state index < -0.39 is 5.97 Å². The number of esters is 1. The van der Waals surface area contributed by atoms with E-state index >= 15 is 0 Å². The Hall–Kier alpha value is -3.09. The second kappa shape index (κ2) is 9.73. The van der Waals surface area contributed by atoms with Gasteiger partial charge >= 0.3 is 5.97 Å². The molecule has 150 valence electrons. The topological polar surface area (TPSA) is 72.0 Å². The molecule has 0 bridgehead atoms. The molecule has 7 heteroatoms. The second-order valence-corrected chi connectivity index (χ2v) is 6.33. The summed E-state index contributed by atoms with van der Waals surface area (Å²) in [5.74, 6) is 0.316. The lowest BCUT2D eigenvalue weighted by Gasteiger charge is -2.19. The van der Waals surface area contributed by atoms with E-state index in [-0.39, 0.29) is 11.9 Å². The van der Waals surface area contributed by atoms with Crippen molar-refractivity contribution in [3.05, 3.63) is 64.5 Å². The van der Waals surface area contributed by atoms with Gasteiger partial charge in [-0.05, 0) is 48.7 Å². The molecule has 0 heterocycles. The standard InChI is InChI=1S/C21H26FN3O3/c1-13-6-8-16(11-18(13)22)14(2)25-21(23-3)24-12-15-7-9-19(27-4)17(10-15)20(26)28-5/h6-11,14H,12H2,1-5H3,(H2,23,24,25). The van der Waals surface area contributed by atoms with E-state index in [0.717, 1.165) is 11.1 Å². The van der Waals surface area contributed by atoms with Crippen molar-refractivity contribution in [2.75, 3.05) is 21.3 Å². The van der Waals surface area contributed by atoms with Crippen molar-refractivity contribution in [3.63, 3.8) is 0 Å². The fourth-order valence-corrected chi connectivity index (χ4v) is 2.68. The molecular formula is C21H26FN3O3. The van der Waals surface area contributed by atoms with E-state index in [1.54, 1.807) is 32.2 Å². The van der Waals surface area contributed by atoms with Crippen molar-refractivity contribution in [3.8, 4) is 5.75 Å². The van der Waals surface area contributed by atoms with Gasteiger partial charge in [0, 0.05) is 13.6 Å². The molecule has 0 saturated heterocycles. The van der Waals surface area contributed by atoms with Crippen LogP contribution in [-0.2, 0) is 11.3 Å². The summed E-state index contributed by atoms with van der Waals surface area (Å²) in [5, 5.41) is 6.41. The number of nitrogens with one attached hydrogen (secondary N) is 2. The number of ether oxygens (including phenoxy) is 2. The van der Waals surface area contributed by atoms with Crippen molar-refractivity contribution >= 4 is 11.9 Å². The molecule has 2 N–H and O–H groups in total. The first-order valence-corrected chi connectivity index (χ1v) is 8.88. The molecule has 2 aromatic rings. The monoisotopic (exact) mass is 387 g/mol. The molecule has 6 nitrogen and oxygen atoms in total. The summed E-state index contributed by atoms with van der Waals surface area (Å²) in [6.07, 6.45) is 0. The molecular weight excluding hydrogens is 361 g/mol. The Balaban J connectivity index is 2.05. The smallest absolute Gasteiger partial charge is 0.341 e. The SMILES string of the molecule is CN=C(NCc1ccc(OC)c(C(=O)OC)c1)NC(C)c1ccc(C)c(F)c1. The lowest BCUT2D eigenvalue weighted by atomic mass is 10.1. The van der Waals surface area contributed by atoms with Gasteiger partial charge in [-0.2, -0.15) is 0 Å². The third kappa shape index (κ3) is 5.22. The third-order valence-electron chi connectivity index (χ3n) is 4.40. The quantitative estimate of drug-likeness (QED) is 0.452. The minimum absolute atomic E-state index is 0.136. The van der Waals surface area contributed by atoms with Crippen LogP contribution in [0.5, 0.6) is 5.75 Å². The zero-order valence-corrected chi connectivity index (χ0v) is 16.8. The van der Waals surface area contributed by atoms with E-state index in [0.29, 0.717) is 29.4 Å². The van der Waals surface area contributed by atoms with Gasteiger partial charge in [0.25, 0.3) is 0 Å². The number of benzene rings is 2. The number of guanidine groups is 1. The number of carbonyl (C=O) groups is 1. The Morgan fingerprint density at radius 1 is 1.21 bits per heavy atom. The van der Waals surface area contributed by atoms with Gasteiger partial charge < -0.3 is 20.1 Å². The summed E-state index contributed by atoms with van der Waals surface area (Å²) in [5.41, 5.74) is 2.65. The number of carbonyl (C=O) groups excluding carboxylic acids is 1. The summed E-state index contributed by atoms with van der Waals surface area (Å²) in [6.45, 7) is 4.09. The van der Waals surface area contributed by atoms with Gasteiger partial charge in [0.2, 0.25) is 0 Å². The molecule has 0 aliphatic rings. The van der Waals surface area contributed by atoms with Crippen LogP contribution < -0.4 is 15.4 Å². The number of methoxy groups -OCH3 is 2. The number of aryl methyl sites for hydroxylation is 1. The van der Waals surface area contributed by atoms with Crippen LogP contribution in [0.4, 0.5) is 4.39 Å². The van der Waals surface area contributed by atoms with E-state index in [4.69, 9.17) is 9.47 Å². The Bertz CT molecular complexity index is 868. The molecule has 0 saturated carbocycles. The van der Waals surface area contributed by atoms with E-state index in [9.17, 15) is 9.18 Å². The Morgan fingerprint density at radius 2 is 1.96 bits per heavy atom. The molecule has 1 atom stereocenters. The fourth-order valence-electron chi connectivity index (χ4n) is 2.68. The van der Waals surface area contributed by atoms with E-state index in [2.05, 4.69) is 15.6 Å². The van der Waals surface area contributed by atoms with Gasteiger partial charge in [-0.3, -0.25) is 4.99 Å². The number of hydrogen-bond acceptors (Lipinski definition) is 4. The zero-order chi connectivity index (χ0) is 20.7. The summed E-state index contributed by atoms with van der Waals surface area (Å²) in [6, 6.07) is 10.3. The van der Waals surface area contributed by atoms with Crippen molar-refractivity contribution < 1.29 is 18.7 Å². The van der Waals surface area contributed by atoms with Crippen LogP contribution in [0.25, 0.3) is 0 Å². The highest BCUT2D eigenvalue weighted by molar-refractivity contribution is 5.92. The molecule has 0 aliphatic carbocycles. The van der Waals surface area contributed by atoms with Gasteiger partial charge in [0.1, 0.15) is 17.1 Å². The molecule has 0 amide bonds. The van der Waals surface area contributed by atoms with Crippen LogP contribution in [-0.4, -0.2) is 33.2 Å². The normalized spacial score (nSPS) is 12.3. The second-order valence-electron chi connectivity index (χ2n) is 6.33. The number of halogens is 1. The molecule has 0 fully saturated rings. The van der Waals surface area contributed by atoms with Crippen molar-refractivity contribution in [2.24, 2.45) is 4.99 Å². The summed E-state index contributed by atoms with van der Waals surface area (Å²) >= 11 is 0. The first kappa shape index (κ1) is 21.2. The third-order valence-corrected chi connectivity index (χ3v) is 4.40. The Morgan fingerprint density at radius 3 is 2.57 bits per heavy atom. The number of rotatable bonds is 6. The minimum Gasteiger partial charge on any atom is -0.496 e. The maximum absolute atomic E-state index is 13.8. The van der Waals surface area contributed by atoms with E-state index in [1.165, 1.54) is 20.3 Å². The lowest BCUT2D eigenvalue weighted by Crippen LogP contribution is -2.38. The van der Waals surface area contributed by atoms with Crippen molar-refractivity contribution in [2.45, 2.75) is 26.4 Å². The highest BCUT2D eigenvalue weighted by Gasteiger charge is 2.14. The van der Waals surface area contributed by atoms with Gasteiger partial charge in [0.15, 0.2) is 5.96 Å². The van der Waals surface area contributed by atoms with E-state index in [1.807, 2.05) is 19.1 Å². The van der Waals surface area contributed by atoms with Crippen LogP contribution >= 0.6 is 0 Å². The summed E-state index contributed by atoms with van der Waals surface area (Å²) in [7, 11) is 4.49. The number of aliphatic imine (C=N–C) groups is 1. The van der Waals surface area contributed by atoms with Crippen LogP contribution in [0.15, 0.2) is 41.4 Å². The summed E-state index contributed by atoms with van der Waals surface area (Å²) < 4.78 is 23.8. The average Bonchev–Trinajstić information content (AvgIpc) is 2.71. The number of hydrogen-bond donors (Lipinski definition) is 2. The molecule has 28 heavy (non-hydrogen) atoms. The molecule has 1 unspecified atom stereocenters. The van der Waals surface area contributed by atoms with Crippen molar-refractivity contribution in [1.82, 2.24) is 10.6 Å². The fraction of sp³-hybridized carbons (Fsp3) is 0.333. The average molecular weight is 387 g/mol. The predicted molar refractivity (Wildman–Crippen MR) is 107 cm³/mol. The predicted octanol–water partition coefficient (Wildman–Crippen LogP) is 3.36. The minimum atomic E-state index is -0.462. The van der Waals surface area contributed by atoms with Crippen LogP contribution in [0.2, 0.25) is 0 Å². The first-order valence-electron chi connectivity index (χ1n) is 8.88. The highest BCUT2D eigenvalue weighted by Crippen LogP contribution is 2.21. The Labute approximate surface area is 164 Å². The molecule has 0 radical (unpaired) electrons. The van der Waals surface area contributed by atoms with Gasteiger partial charge in [-0.15, -0.1) is 0 Å². The van der Waals surface area contributed by atoms with Crippen LogP contribution in [0.1, 0.15) is 40.0 Å². The largest absolute Gasteiger partial charge is 0.496 e. The highest BCUT2D eigenvalue weighted by atomic mass is 19.1. The van der Waals surface area contributed by atoms with Gasteiger partial charge in [-0.1, -0.05) is 18.2 Å². The lowest BCUT2D eigenvalue weighted by molar-refractivity contribution is 0.0597. The molecule has 0 aromatic heterocycles. The van der Waals surface area contributed by atoms with Crippen LogP contribution in [0, 0.1) is 12.7 Å². The zero-order valence-electron chi connectivity index (χ0n) is 16.8. The molecule has 2 aromatic carbocycles. The molecule has 2 rings (SSSR count). The Kier molecular flexibility index (Phi) is 7.37. The molecule has 0 aliphatic heterocycles. The maximum Gasteiger partial charge on any atom is 0.341 e. The van der Waals surface area contributed by atoms with Gasteiger partial charge in [0.05, 0.1) is 20.3 Å². The van der Waals surface area contributed by atoms with Gasteiger partial charge in [-0.25, -0.2) is 9.18 Å². The maximum atomic E-state index is 13.8. The molecule has 0 spiro atoms. The van der Waals surface area contributed by atoms with Crippen molar-refractivity contribution in [1.29, 1.82) is 0 Å². The van der Waals surface area contributed by atoms with Crippen LogP contribution in [0.3, 0.4) is 0 Å². The first-order chi connectivity index (χ1) is 13.4.